The number of guanidine groups is 1. The number of hydrogen-bond donors (Lipinski definition) is 1. The maximum atomic E-state index is 6.21. The van der Waals surface area contributed by atoms with Crippen molar-refractivity contribution in [3.8, 4) is 0 Å². The van der Waals surface area contributed by atoms with Crippen LogP contribution in [-0.4, -0.2) is 88.9 Å². The van der Waals surface area contributed by atoms with Crippen molar-refractivity contribution in [2.45, 2.75) is 19.8 Å². The highest BCUT2D eigenvalue weighted by Crippen LogP contribution is 2.25. The summed E-state index contributed by atoms with van der Waals surface area (Å²) in [7, 11) is 3.67. The fourth-order valence-electron chi connectivity index (χ4n) is 4.28. The molecule has 6 nitrogen and oxygen atoms in total. The Labute approximate surface area is 180 Å². The molecule has 2 aliphatic heterocycles. The molecule has 1 N–H and O–H groups in total. The third kappa shape index (κ3) is 6.24. The zero-order chi connectivity index (χ0) is 20.6. The molecule has 1 aromatic carbocycles. The predicted molar refractivity (Wildman–Crippen MR) is 122 cm³/mol. The topological polar surface area (TPSA) is 43.3 Å². The first-order valence-corrected chi connectivity index (χ1v) is 11.2. The van der Waals surface area contributed by atoms with E-state index < -0.39 is 0 Å². The zero-order valence-electron chi connectivity index (χ0n) is 18.2. The Morgan fingerprint density at radius 1 is 1.17 bits per heavy atom. The van der Waals surface area contributed by atoms with Gasteiger partial charge in [0.1, 0.15) is 0 Å². The van der Waals surface area contributed by atoms with Crippen molar-refractivity contribution in [3.63, 3.8) is 0 Å². The van der Waals surface area contributed by atoms with Gasteiger partial charge < -0.3 is 24.8 Å². The fourth-order valence-corrected chi connectivity index (χ4v) is 4.45. The van der Waals surface area contributed by atoms with E-state index in [1.165, 1.54) is 37.2 Å². The minimum atomic E-state index is 0.723. The first kappa shape index (κ1) is 22.2. The number of piperazine rings is 1. The number of piperidine rings is 1. The van der Waals surface area contributed by atoms with Gasteiger partial charge in [0, 0.05) is 64.1 Å². The Kier molecular flexibility index (Phi) is 8.45. The van der Waals surface area contributed by atoms with Gasteiger partial charge in [-0.1, -0.05) is 17.7 Å². The minimum Gasteiger partial charge on any atom is -0.383 e. The monoisotopic (exact) mass is 421 g/mol. The maximum absolute atomic E-state index is 6.21. The molecule has 162 valence electrons. The van der Waals surface area contributed by atoms with Gasteiger partial charge >= 0.3 is 0 Å². The van der Waals surface area contributed by atoms with E-state index >= 15 is 0 Å². The molecule has 7 heteroatoms. The van der Waals surface area contributed by atoms with Crippen molar-refractivity contribution in [1.29, 1.82) is 0 Å². The summed E-state index contributed by atoms with van der Waals surface area (Å²) in [6.45, 7) is 11.3. The lowest BCUT2D eigenvalue weighted by Crippen LogP contribution is -2.53. The van der Waals surface area contributed by atoms with Crippen molar-refractivity contribution >= 4 is 23.2 Å². The second-order valence-electron chi connectivity index (χ2n) is 8.11. The van der Waals surface area contributed by atoms with Crippen LogP contribution in [0.3, 0.4) is 0 Å². The van der Waals surface area contributed by atoms with Crippen molar-refractivity contribution in [1.82, 2.24) is 15.1 Å². The van der Waals surface area contributed by atoms with Crippen LogP contribution in [0.25, 0.3) is 0 Å². The second-order valence-corrected chi connectivity index (χ2v) is 8.55. The van der Waals surface area contributed by atoms with Gasteiger partial charge in [-0.05, 0) is 56.5 Å². The minimum absolute atomic E-state index is 0.723. The number of benzene rings is 1. The van der Waals surface area contributed by atoms with Gasteiger partial charge in [-0.3, -0.25) is 4.99 Å². The van der Waals surface area contributed by atoms with Crippen LogP contribution in [0.4, 0.5) is 5.69 Å². The summed E-state index contributed by atoms with van der Waals surface area (Å²) in [4.78, 5) is 11.9. The van der Waals surface area contributed by atoms with E-state index in [0.29, 0.717) is 0 Å². The standard InChI is InChI=1S/C22H36ClN5O/c1-18-4-5-20(23)16-21(18)27-10-12-28(13-11-27)22(24-2)25-17-19-6-8-26(9-7-19)14-15-29-3/h4-5,16,19H,6-15,17H2,1-3H3,(H,24,25). The van der Waals surface area contributed by atoms with E-state index in [0.717, 1.165) is 62.8 Å². The van der Waals surface area contributed by atoms with Gasteiger partial charge in [0.2, 0.25) is 0 Å². The molecule has 2 aliphatic rings. The van der Waals surface area contributed by atoms with Gasteiger partial charge in [-0.2, -0.15) is 0 Å². The lowest BCUT2D eigenvalue weighted by atomic mass is 9.97. The quantitative estimate of drug-likeness (QED) is 0.565. The van der Waals surface area contributed by atoms with Crippen LogP contribution < -0.4 is 10.2 Å². The molecule has 0 bridgehead atoms. The van der Waals surface area contributed by atoms with Gasteiger partial charge in [0.25, 0.3) is 0 Å². The Hall–Kier alpha value is -1.50. The molecule has 0 saturated carbocycles. The van der Waals surface area contributed by atoms with Crippen molar-refractivity contribution in [2.75, 3.05) is 78.0 Å². The average Bonchev–Trinajstić information content (AvgIpc) is 2.76. The number of ether oxygens (including phenoxy) is 1. The SMILES string of the molecule is CN=C(NCC1CCN(CCOC)CC1)N1CCN(c2cc(Cl)ccc2C)CC1. The molecule has 0 aromatic heterocycles. The number of anilines is 1. The molecule has 0 atom stereocenters. The number of hydrogen-bond acceptors (Lipinski definition) is 4. The van der Waals surface area contributed by atoms with E-state index in [2.05, 4.69) is 44.1 Å². The smallest absolute Gasteiger partial charge is 0.193 e. The normalized spacial score (nSPS) is 19.7. The Morgan fingerprint density at radius 3 is 2.55 bits per heavy atom. The number of nitrogens with one attached hydrogen (secondary N) is 1. The third-order valence-electron chi connectivity index (χ3n) is 6.17. The molecule has 0 spiro atoms. The first-order chi connectivity index (χ1) is 14.1. The molecule has 3 rings (SSSR count). The number of halogens is 1. The summed E-state index contributed by atoms with van der Waals surface area (Å²) >= 11 is 6.21. The van der Waals surface area contributed by atoms with E-state index in [4.69, 9.17) is 16.3 Å². The van der Waals surface area contributed by atoms with Crippen LogP contribution in [0.5, 0.6) is 0 Å². The highest BCUT2D eigenvalue weighted by Gasteiger charge is 2.23. The second kappa shape index (κ2) is 11.0. The molecule has 0 unspecified atom stereocenters. The molecular formula is C22H36ClN5O. The van der Waals surface area contributed by atoms with Crippen LogP contribution in [0.2, 0.25) is 5.02 Å². The van der Waals surface area contributed by atoms with Gasteiger partial charge in [-0.15, -0.1) is 0 Å². The Morgan fingerprint density at radius 2 is 1.90 bits per heavy atom. The predicted octanol–water partition coefficient (Wildman–Crippen LogP) is 2.70. The lowest BCUT2D eigenvalue weighted by molar-refractivity contribution is 0.120. The molecule has 0 amide bonds. The average molecular weight is 422 g/mol. The van der Waals surface area contributed by atoms with Crippen LogP contribution in [0.1, 0.15) is 18.4 Å². The Bertz CT molecular complexity index is 667. The summed E-state index contributed by atoms with van der Waals surface area (Å²) < 4.78 is 5.19. The zero-order valence-corrected chi connectivity index (χ0v) is 18.9. The largest absolute Gasteiger partial charge is 0.383 e. The number of rotatable bonds is 6. The molecular weight excluding hydrogens is 386 g/mol. The number of aryl methyl sites for hydroxylation is 1. The number of likely N-dealkylation sites (tertiary alicyclic amines) is 1. The summed E-state index contributed by atoms with van der Waals surface area (Å²) in [5.74, 6) is 1.76. The Balaban J connectivity index is 1.43. The highest BCUT2D eigenvalue weighted by molar-refractivity contribution is 6.30. The fraction of sp³-hybridized carbons (Fsp3) is 0.682. The van der Waals surface area contributed by atoms with Crippen LogP contribution in [-0.2, 0) is 4.74 Å². The van der Waals surface area contributed by atoms with E-state index in [1.807, 2.05) is 13.1 Å². The summed E-state index contributed by atoms with van der Waals surface area (Å²) in [5, 5.41) is 4.44. The molecule has 2 heterocycles. The highest BCUT2D eigenvalue weighted by atomic mass is 35.5. The third-order valence-corrected chi connectivity index (χ3v) is 6.41. The molecule has 2 fully saturated rings. The van der Waals surface area contributed by atoms with Crippen LogP contribution in [0, 0.1) is 12.8 Å². The number of methoxy groups -OCH3 is 1. The van der Waals surface area contributed by atoms with Crippen LogP contribution >= 0.6 is 11.6 Å². The van der Waals surface area contributed by atoms with Crippen LogP contribution in [0.15, 0.2) is 23.2 Å². The van der Waals surface area contributed by atoms with E-state index in [-0.39, 0.29) is 0 Å². The van der Waals surface area contributed by atoms with E-state index in [1.54, 1.807) is 7.11 Å². The van der Waals surface area contributed by atoms with Gasteiger partial charge in [0.15, 0.2) is 5.96 Å². The maximum Gasteiger partial charge on any atom is 0.193 e. The molecule has 0 radical (unpaired) electrons. The summed E-state index contributed by atoms with van der Waals surface area (Å²) in [5.41, 5.74) is 2.53. The van der Waals surface area contributed by atoms with Crippen molar-refractivity contribution in [2.24, 2.45) is 10.9 Å². The molecule has 29 heavy (non-hydrogen) atoms. The van der Waals surface area contributed by atoms with Crippen molar-refractivity contribution in [3.05, 3.63) is 28.8 Å². The molecule has 2 saturated heterocycles. The summed E-state index contributed by atoms with van der Waals surface area (Å²) in [6, 6.07) is 6.15. The van der Waals surface area contributed by atoms with Gasteiger partial charge in [0.05, 0.1) is 6.61 Å². The van der Waals surface area contributed by atoms with Gasteiger partial charge in [-0.25, -0.2) is 0 Å². The number of aliphatic imine (C=N–C) groups is 1. The molecule has 0 aliphatic carbocycles. The van der Waals surface area contributed by atoms with Crippen molar-refractivity contribution < 1.29 is 4.74 Å². The summed E-state index contributed by atoms with van der Waals surface area (Å²) in [6.07, 6.45) is 2.49. The lowest BCUT2D eigenvalue weighted by Gasteiger charge is -2.39. The number of nitrogens with zero attached hydrogens (tertiary/aromatic N) is 4. The molecule has 1 aromatic rings. The first-order valence-electron chi connectivity index (χ1n) is 10.8. The van der Waals surface area contributed by atoms with E-state index in [9.17, 15) is 0 Å².